The molecule has 4 rings (SSSR count). The van der Waals surface area contributed by atoms with Crippen molar-refractivity contribution < 1.29 is 13.9 Å². The first-order valence-corrected chi connectivity index (χ1v) is 10.4. The fourth-order valence-corrected chi connectivity index (χ4v) is 3.91. The van der Waals surface area contributed by atoms with Gasteiger partial charge in [-0.2, -0.15) is 5.26 Å². The Morgan fingerprint density at radius 1 is 1.31 bits per heavy atom. The lowest BCUT2D eigenvalue weighted by molar-refractivity contribution is 0.0503. The molecule has 3 aromatic rings. The second kappa shape index (κ2) is 8.38. The summed E-state index contributed by atoms with van der Waals surface area (Å²) in [5, 5.41) is 16.3. The van der Waals surface area contributed by atoms with E-state index in [0.29, 0.717) is 60.0 Å². The summed E-state index contributed by atoms with van der Waals surface area (Å²) in [7, 11) is 3.31. The van der Waals surface area contributed by atoms with Crippen LogP contribution in [0.3, 0.4) is 0 Å². The Morgan fingerprint density at radius 2 is 2.06 bits per heavy atom. The number of nitriles is 1. The number of halogens is 1. The number of aromatic amines is 1. The van der Waals surface area contributed by atoms with E-state index in [1.807, 2.05) is 0 Å². The van der Waals surface area contributed by atoms with Gasteiger partial charge in [-0.1, -0.05) is 0 Å². The first-order valence-electron chi connectivity index (χ1n) is 10.4. The van der Waals surface area contributed by atoms with Crippen molar-refractivity contribution in [2.45, 2.75) is 25.4 Å². The summed E-state index contributed by atoms with van der Waals surface area (Å²) in [5.41, 5.74) is 1.75. The molecule has 2 aromatic heterocycles. The molecule has 0 radical (unpaired) electrons. The van der Waals surface area contributed by atoms with E-state index >= 15 is 0 Å². The van der Waals surface area contributed by atoms with Crippen molar-refractivity contribution >= 4 is 34.1 Å². The molecule has 1 aliphatic heterocycles. The van der Waals surface area contributed by atoms with Crippen LogP contribution in [0.1, 0.15) is 35.7 Å². The van der Waals surface area contributed by atoms with E-state index in [0.717, 1.165) is 11.1 Å². The molecule has 9 heteroatoms. The highest BCUT2D eigenvalue weighted by Gasteiger charge is 2.32. The Hall–Kier alpha value is -3.80. The third kappa shape index (κ3) is 4.04. The molecule has 3 heterocycles. The minimum absolute atomic E-state index is 0.141. The number of methoxy groups -OCH3 is 1. The molecule has 1 aromatic carbocycles. The van der Waals surface area contributed by atoms with Crippen molar-refractivity contribution in [1.29, 1.82) is 5.26 Å². The lowest BCUT2D eigenvalue weighted by atomic mass is 9.95. The van der Waals surface area contributed by atoms with Gasteiger partial charge in [0.1, 0.15) is 29.0 Å². The van der Waals surface area contributed by atoms with Gasteiger partial charge in [0.2, 0.25) is 0 Å². The molecular weight excluding hydrogens is 411 g/mol. The summed E-state index contributed by atoms with van der Waals surface area (Å²) in [6.45, 7) is 2.37. The Kier molecular flexibility index (Phi) is 5.61. The molecule has 32 heavy (non-hydrogen) atoms. The summed E-state index contributed by atoms with van der Waals surface area (Å²) in [6, 6.07) is 9.11. The summed E-state index contributed by atoms with van der Waals surface area (Å²) in [4.78, 5) is 22.1. The predicted octanol–water partition coefficient (Wildman–Crippen LogP) is 4.19. The van der Waals surface area contributed by atoms with Crippen molar-refractivity contribution in [3.63, 3.8) is 0 Å². The number of ether oxygens (including phenoxy) is 1. The summed E-state index contributed by atoms with van der Waals surface area (Å²) in [5.74, 6) is 0.891. The zero-order valence-electron chi connectivity index (χ0n) is 18.3. The van der Waals surface area contributed by atoms with Gasteiger partial charge in [0, 0.05) is 43.7 Å². The molecule has 0 spiro atoms. The van der Waals surface area contributed by atoms with E-state index in [1.54, 1.807) is 49.3 Å². The number of pyridine rings is 1. The van der Waals surface area contributed by atoms with Gasteiger partial charge in [-0.3, -0.25) is 4.79 Å². The minimum Gasteiger partial charge on any atom is -0.495 e. The van der Waals surface area contributed by atoms with Gasteiger partial charge >= 0.3 is 0 Å². The number of hydrogen-bond acceptors (Lipinski definition) is 6. The van der Waals surface area contributed by atoms with E-state index in [2.05, 4.69) is 26.7 Å². The average Bonchev–Trinajstić information content (AvgIpc) is 3.21. The number of likely N-dealkylation sites (tertiary alicyclic amines) is 1. The molecule has 0 unspecified atom stereocenters. The lowest BCUT2D eigenvalue weighted by Crippen LogP contribution is -2.43. The number of alkyl halides is 1. The topological polar surface area (TPSA) is 106 Å². The summed E-state index contributed by atoms with van der Waals surface area (Å²) < 4.78 is 19.6. The van der Waals surface area contributed by atoms with Crippen LogP contribution in [-0.4, -0.2) is 53.7 Å². The quantitative estimate of drug-likeness (QED) is 0.554. The third-order valence-corrected chi connectivity index (χ3v) is 5.84. The maximum Gasteiger partial charge on any atom is 0.253 e. The zero-order chi connectivity index (χ0) is 22.9. The number of nitrogens with one attached hydrogen (secondary N) is 3. The third-order valence-electron chi connectivity index (χ3n) is 5.84. The van der Waals surface area contributed by atoms with E-state index in [9.17, 15) is 14.4 Å². The normalized spacial score (nSPS) is 15.3. The molecule has 1 saturated heterocycles. The summed E-state index contributed by atoms with van der Waals surface area (Å²) >= 11 is 0. The second-order valence-corrected chi connectivity index (χ2v) is 8.09. The van der Waals surface area contributed by atoms with E-state index in [4.69, 9.17) is 4.74 Å². The molecule has 0 aliphatic carbocycles. The van der Waals surface area contributed by atoms with Crippen LogP contribution in [0.5, 0.6) is 5.75 Å². The molecule has 1 aliphatic rings. The number of fused-ring (bicyclic) bond motifs is 1. The number of benzene rings is 1. The average molecular weight is 436 g/mol. The van der Waals surface area contributed by atoms with Crippen LogP contribution < -0.4 is 15.4 Å². The first-order chi connectivity index (χ1) is 15.3. The molecule has 1 fully saturated rings. The van der Waals surface area contributed by atoms with E-state index < -0.39 is 5.67 Å². The Labute approximate surface area is 185 Å². The fourth-order valence-electron chi connectivity index (χ4n) is 3.91. The SMILES string of the molecule is CNc1cc(Nc2ccc(C(=O)N3CCC(C)(F)CC3)cc2OC)nc2[nH]cc(C#N)c12. The van der Waals surface area contributed by atoms with Crippen molar-refractivity contribution in [1.82, 2.24) is 14.9 Å². The lowest BCUT2D eigenvalue weighted by Gasteiger charge is -2.34. The van der Waals surface area contributed by atoms with Crippen LogP contribution in [0.25, 0.3) is 11.0 Å². The molecule has 0 atom stereocenters. The molecule has 166 valence electrons. The largest absolute Gasteiger partial charge is 0.495 e. The van der Waals surface area contributed by atoms with Crippen molar-refractivity contribution in [2.75, 3.05) is 37.9 Å². The number of piperidine rings is 1. The molecule has 8 nitrogen and oxygen atoms in total. The molecular formula is C23H25FN6O2. The van der Waals surface area contributed by atoms with Crippen LogP contribution in [0.15, 0.2) is 30.5 Å². The van der Waals surface area contributed by atoms with Crippen LogP contribution in [0.2, 0.25) is 0 Å². The highest BCUT2D eigenvalue weighted by atomic mass is 19.1. The first kappa shape index (κ1) is 21.4. The van der Waals surface area contributed by atoms with Crippen LogP contribution in [0.4, 0.5) is 21.6 Å². The highest BCUT2D eigenvalue weighted by molar-refractivity contribution is 5.97. The number of hydrogen-bond donors (Lipinski definition) is 3. The van der Waals surface area contributed by atoms with Crippen molar-refractivity contribution in [3.05, 3.63) is 41.6 Å². The van der Waals surface area contributed by atoms with Crippen LogP contribution in [0, 0.1) is 11.3 Å². The number of rotatable bonds is 5. The van der Waals surface area contributed by atoms with Crippen molar-refractivity contribution in [2.24, 2.45) is 0 Å². The smallest absolute Gasteiger partial charge is 0.253 e. The van der Waals surface area contributed by atoms with Crippen molar-refractivity contribution in [3.8, 4) is 11.8 Å². The molecule has 0 saturated carbocycles. The predicted molar refractivity (Wildman–Crippen MR) is 121 cm³/mol. The highest BCUT2D eigenvalue weighted by Crippen LogP contribution is 2.33. The number of carbonyl (C=O) groups is 1. The fraction of sp³-hybridized carbons (Fsp3) is 0.348. The maximum absolute atomic E-state index is 14.1. The van der Waals surface area contributed by atoms with E-state index in [-0.39, 0.29) is 5.91 Å². The van der Waals surface area contributed by atoms with Gasteiger partial charge in [0.25, 0.3) is 5.91 Å². The summed E-state index contributed by atoms with van der Waals surface area (Å²) in [6.07, 6.45) is 2.29. The van der Waals surface area contributed by atoms with E-state index in [1.165, 1.54) is 7.11 Å². The van der Waals surface area contributed by atoms with Crippen LogP contribution >= 0.6 is 0 Å². The minimum atomic E-state index is -1.21. The molecule has 0 bridgehead atoms. The van der Waals surface area contributed by atoms with Gasteiger partial charge in [0.15, 0.2) is 0 Å². The van der Waals surface area contributed by atoms with Gasteiger partial charge in [-0.05, 0) is 38.0 Å². The number of carbonyl (C=O) groups excluding carboxylic acids is 1. The number of anilines is 3. The number of aromatic nitrogens is 2. The van der Waals surface area contributed by atoms with Gasteiger partial charge < -0.3 is 25.3 Å². The Morgan fingerprint density at radius 3 is 2.72 bits per heavy atom. The number of nitrogens with zero attached hydrogens (tertiary/aromatic N) is 3. The Bertz CT molecular complexity index is 1200. The zero-order valence-corrected chi connectivity index (χ0v) is 18.3. The second-order valence-electron chi connectivity index (χ2n) is 8.09. The molecule has 1 amide bonds. The molecule has 3 N–H and O–H groups in total. The maximum atomic E-state index is 14.1. The standard InChI is InChI=1S/C23H25FN6O2/c1-23(24)6-8-30(9-7-23)22(31)14-4-5-16(18(10-14)32-3)28-19-11-17(26-2)20-15(12-25)13-27-21(20)29-19/h4-5,10-11,13H,6-9H2,1-3H3,(H3,26,27,28,29). The van der Waals surface area contributed by atoms with Gasteiger partial charge in [-0.25, -0.2) is 9.37 Å². The van der Waals surface area contributed by atoms with Gasteiger partial charge in [0.05, 0.1) is 23.7 Å². The number of amides is 1. The Balaban J connectivity index is 1.59. The van der Waals surface area contributed by atoms with Crippen LogP contribution in [-0.2, 0) is 0 Å². The monoisotopic (exact) mass is 436 g/mol. The van der Waals surface area contributed by atoms with Gasteiger partial charge in [-0.15, -0.1) is 0 Å². The number of H-pyrrole nitrogens is 1.